The molecule has 4 rings (SSSR count). The Hall–Kier alpha value is -4.65. The standard InChI is InChI=1S/C29H28N2O5/c1-31-18-21(22-9-5-6-10-23(22)31)14-15-27(33)30-28-20(8-7-11-24(28)32)13-12-19-16-25(34-2)29(36-4)26(17-19)35-3/h5-18,32H,1-4H3,(H,30,33)/b13-12?,15-14+. The summed E-state index contributed by atoms with van der Waals surface area (Å²) in [6.07, 6.45) is 8.83. The Labute approximate surface area is 209 Å². The van der Waals surface area contributed by atoms with Crippen molar-refractivity contribution in [1.29, 1.82) is 0 Å². The molecule has 0 saturated carbocycles. The number of hydrogen-bond donors (Lipinski definition) is 2. The molecule has 0 unspecified atom stereocenters. The highest BCUT2D eigenvalue weighted by atomic mass is 16.5. The number of carbonyl (C=O) groups excluding carboxylic acids is 1. The molecule has 184 valence electrons. The highest BCUT2D eigenvalue weighted by Gasteiger charge is 2.13. The lowest BCUT2D eigenvalue weighted by molar-refractivity contribution is -0.111. The number of ether oxygens (including phenoxy) is 3. The van der Waals surface area contributed by atoms with Crippen molar-refractivity contribution in [3.8, 4) is 23.0 Å². The van der Waals surface area contributed by atoms with Gasteiger partial charge < -0.3 is 29.2 Å². The first-order valence-electron chi connectivity index (χ1n) is 11.3. The van der Waals surface area contributed by atoms with Crippen LogP contribution in [0.1, 0.15) is 16.7 Å². The lowest BCUT2D eigenvalue weighted by Crippen LogP contribution is -2.09. The third-order valence-electron chi connectivity index (χ3n) is 5.81. The van der Waals surface area contributed by atoms with Gasteiger partial charge in [0, 0.05) is 41.4 Å². The molecular formula is C29H28N2O5. The van der Waals surface area contributed by atoms with Crippen molar-refractivity contribution in [2.45, 2.75) is 0 Å². The minimum atomic E-state index is -0.355. The number of rotatable bonds is 8. The Morgan fingerprint density at radius 3 is 2.31 bits per heavy atom. The second kappa shape index (κ2) is 10.7. The number of hydrogen-bond acceptors (Lipinski definition) is 5. The number of nitrogens with one attached hydrogen (secondary N) is 1. The van der Waals surface area contributed by atoms with Gasteiger partial charge >= 0.3 is 0 Å². The van der Waals surface area contributed by atoms with Gasteiger partial charge in [-0.2, -0.15) is 0 Å². The summed E-state index contributed by atoms with van der Waals surface area (Å²) in [6.45, 7) is 0. The van der Waals surface area contributed by atoms with Gasteiger partial charge in [0.1, 0.15) is 5.75 Å². The second-order valence-corrected chi connectivity index (χ2v) is 8.07. The van der Waals surface area contributed by atoms with Gasteiger partial charge in [-0.25, -0.2) is 0 Å². The number of anilines is 1. The molecule has 36 heavy (non-hydrogen) atoms. The van der Waals surface area contributed by atoms with Crippen molar-refractivity contribution in [2.24, 2.45) is 7.05 Å². The van der Waals surface area contributed by atoms with Crippen molar-refractivity contribution in [1.82, 2.24) is 4.57 Å². The van der Waals surface area contributed by atoms with Crippen LogP contribution in [0, 0.1) is 0 Å². The number of fused-ring (bicyclic) bond motifs is 1. The molecule has 0 saturated heterocycles. The molecule has 0 aliphatic rings. The second-order valence-electron chi connectivity index (χ2n) is 8.07. The zero-order valence-electron chi connectivity index (χ0n) is 20.6. The summed E-state index contributed by atoms with van der Waals surface area (Å²) in [6, 6.07) is 16.7. The van der Waals surface area contributed by atoms with Crippen molar-refractivity contribution in [3.05, 3.63) is 83.6 Å². The molecule has 4 aromatic rings. The van der Waals surface area contributed by atoms with E-state index in [1.165, 1.54) is 12.1 Å². The van der Waals surface area contributed by atoms with Crippen LogP contribution in [0.25, 0.3) is 29.1 Å². The Kier molecular flexibility index (Phi) is 7.30. The van der Waals surface area contributed by atoms with E-state index in [4.69, 9.17) is 14.2 Å². The van der Waals surface area contributed by atoms with E-state index < -0.39 is 0 Å². The van der Waals surface area contributed by atoms with Crippen LogP contribution in [-0.2, 0) is 11.8 Å². The van der Waals surface area contributed by atoms with E-state index in [2.05, 4.69) is 5.32 Å². The third-order valence-corrected chi connectivity index (χ3v) is 5.81. The van der Waals surface area contributed by atoms with E-state index in [9.17, 15) is 9.90 Å². The van der Waals surface area contributed by atoms with Crippen LogP contribution in [-0.4, -0.2) is 36.9 Å². The van der Waals surface area contributed by atoms with Gasteiger partial charge in [-0.3, -0.25) is 4.79 Å². The summed E-state index contributed by atoms with van der Waals surface area (Å²) in [7, 11) is 6.62. The molecule has 7 heteroatoms. The average molecular weight is 485 g/mol. The summed E-state index contributed by atoms with van der Waals surface area (Å²) in [5, 5.41) is 14.3. The number of methoxy groups -OCH3 is 3. The first-order valence-corrected chi connectivity index (χ1v) is 11.3. The number of benzene rings is 3. The predicted octanol–water partition coefficient (Wildman–Crippen LogP) is 5.73. The number of aromatic nitrogens is 1. The van der Waals surface area contributed by atoms with Gasteiger partial charge in [-0.1, -0.05) is 42.5 Å². The molecule has 0 bridgehead atoms. The Morgan fingerprint density at radius 2 is 1.61 bits per heavy atom. The molecule has 1 heterocycles. The summed E-state index contributed by atoms with van der Waals surface area (Å²) < 4.78 is 18.2. The summed E-state index contributed by atoms with van der Waals surface area (Å²) in [4.78, 5) is 12.8. The van der Waals surface area contributed by atoms with E-state index in [1.807, 2.05) is 60.3 Å². The Bertz CT molecular complexity index is 1440. The maximum absolute atomic E-state index is 12.8. The molecule has 0 aliphatic carbocycles. The molecule has 3 aromatic carbocycles. The SMILES string of the molecule is COc1cc(C=Cc2cccc(O)c2NC(=O)/C=C/c2cn(C)c3ccccc23)cc(OC)c1OC. The summed E-state index contributed by atoms with van der Waals surface area (Å²) >= 11 is 0. The van der Waals surface area contributed by atoms with Crippen LogP contribution in [0.3, 0.4) is 0 Å². The zero-order chi connectivity index (χ0) is 25.7. The van der Waals surface area contributed by atoms with Crippen LogP contribution in [0.2, 0.25) is 0 Å². The number of carbonyl (C=O) groups is 1. The highest BCUT2D eigenvalue weighted by Crippen LogP contribution is 2.39. The van der Waals surface area contributed by atoms with Crippen molar-refractivity contribution >= 4 is 40.7 Å². The van der Waals surface area contributed by atoms with Crippen LogP contribution in [0.4, 0.5) is 5.69 Å². The molecule has 2 N–H and O–H groups in total. The zero-order valence-corrected chi connectivity index (χ0v) is 20.6. The summed E-state index contributed by atoms with van der Waals surface area (Å²) in [5.74, 6) is 1.17. The minimum absolute atomic E-state index is 0.0334. The first kappa shape index (κ1) is 24.5. The van der Waals surface area contributed by atoms with Crippen LogP contribution < -0.4 is 19.5 Å². The Morgan fingerprint density at radius 1 is 0.889 bits per heavy atom. The van der Waals surface area contributed by atoms with E-state index in [0.717, 1.165) is 22.0 Å². The number of phenols is 1. The first-order chi connectivity index (χ1) is 17.4. The number of phenolic OH excluding ortho intramolecular Hbond substituents is 1. The number of aryl methyl sites for hydroxylation is 1. The number of nitrogens with zero attached hydrogens (tertiary/aromatic N) is 1. The van der Waals surface area contributed by atoms with Crippen molar-refractivity contribution in [2.75, 3.05) is 26.6 Å². The quantitative estimate of drug-likeness (QED) is 0.190. The van der Waals surface area contributed by atoms with Crippen molar-refractivity contribution < 1.29 is 24.1 Å². The fraction of sp³-hybridized carbons (Fsp3) is 0.138. The fourth-order valence-electron chi connectivity index (χ4n) is 4.05. The smallest absolute Gasteiger partial charge is 0.248 e. The highest BCUT2D eigenvalue weighted by molar-refractivity contribution is 6.05. The number of aromatic hydroxyl groups is 1. The van der Waals surface area contributed by atoms with Crippen LogP contribution in [0.15, 0.2) is 66.9 Å². The lowest BCUT2D eigenvalue weighted by atomic mass is 10.1. The van der Waals surface area contributed by atoms with Gasteiger partial charge in [-0.15, -0.1) is 0 Å². The predicted molar refractivity (Wildman–Crippen MR) is 144 cm³/mol. The molecule has 1 aromatic heterocycles. The molecule has 0 radical (unpaired) electrons. The maximum Gasteiger partial charge on any atom is 0.248 e. The average Bonchev–Trinajstić information content (AvgIpc) is 3.22. The Balaban J connectivity index is 1.58. The lowest BCUT2D eigenvalue weighted by Gasteiger charge is -2.13. The van der Waals surface area contributed by atoms with E-state index in [1.54, 1.807) is 45.6 Å². The van der Waals surface area contributed by atoms with Gasteiger partial charge in [0.15, 0.2) is 11.5 Å². The van der Waals surface area contributed by atoms with E-state index in [0.29, 0.717) is 28.5 Å². The third kappa shape index (κ3) is 5.05. The largest absolute Gasteiger partial charge is 0.506 e. The van der Waals surface area contributed by atoms with Crippen molar-refractivity contribution in [3.63, 3.8) is 0 Å². The van der Waals surface area contributed by atoms with Crippen LogP contribution in [0.5, 0.6) is 23.0 Å². The number of amides is 1. The number of para-hydroxylation sites is 2. The molecular weight excluding hydrogens is 456 g/mol. The van der Waals surface area contributed by atoms with E-state index in [-0.39, 0.29) is 11.7 Å². The normalized spacial score (nSPS) is 11.3. The van der Waals surface area contributed by atoms with Gasteiger partial charge in [-0.05, 0) is 35.9 Å². The van der Waals surface area contributed by atoms with Crippen LogP contribution >= 0.6 is 0 Å². The monoisotopic (exact) mass is 484 g/mol. The fourth-order valence-corrected chi connectivity index (χ4v) is 4.05. The molecule has 0 fully saturated rings. The molecule has 0 atom stereocenters. The van der Waals surface area contributed by atoms with E-state index >= 15 is 0 Å². The maximum atomic E-state index is 12.8. The molecule has 1 amide bonds. The molecule has 0 aliphatic heterocycles. The van der Waals surface area contributed by atoms with Gasteiger partial charge in [0.05, 0.1) is 27.0 Å². The molecule has 0 spiro atoms. The van der Waals surface area contributed by atoms with Gasteiger partial charge in [0.25, 0.3) is 0 Å². The minimum Gasteiger partial charge on any atom is -0.506 e. The van der Waals surface area contributed by atoms with Gasteiger partial charge in [0.2, 0.25) is 11.7 Å². The topological polar surface area (TPSA) is 82.0 Å². The summed E-state index contributed by atoms with van der Waals surface area (Å²) in [5.41, 5.74) is 3.76. The molecule has 7 nitrogen and oxygen atoms in total.